The lowest BCUT2D eigenvalue weighted by atomic mass is 9.80. The van der Waals surface area contributed by atoms with Crippen LogP contribution in [0.15, 0.2) is 59.3 Å². The number of carbonyl (C=O) groups is 1. The van der Waals surface area contributed by atoms with Crippen LogP contribution < -0.4 is 18.9 Å². The summed E-state index contributed by atoms with van der Waals surface area (Å²) in [5, 5.41) is 11.3. The Balaban J connectivity index is 1.55. The molecule has 1 aliphatic heterocycles. The van der Waals surface area contributed by atoms with Gasteiger partial charge in [0.2, 0.25) is 5.78 Å². The quantitative estimate of drug-likeness (QED) is 0.0805. The molecule has 274 valence electrons. The molecular formula is C44H65N2O4+. The number of ketones is 1. The second-order valence-electron chi connectivity index (χ2n) is 15.1. The van der Waals surface area contributed by atoms with Gasteiger partial charge < -0.3 is 19.5 Å². The normalized spacial score (nSPS) is 17.4. The van der Waals surface area contributed by atoms with Gasteiger partial charge in [0.25, 0.3) is 0 Å². The first-order valence-corrected chi connectivity index (χ1v) is 19.6. The topological polar surface area (TPSA) is 62.9 Å². The van der Waals surface area contributed by atoms with Gasteiger partial charge in [0.1, 0.15) is 5.76 Å². The number of aryl methyl sites for hydroxylation is 1. The molecule has 0 spiro atoms. The molecular weight excluding hydrogens is 620 g/mol. The van der Waals surface area contributed by atoms with Crippen LogP contribution in [0.25, 0.3) is 6.08 Å². The van der Waals surface area contributed by atoms with E-state index in [1.165, 1.54) is 77.0 Å². The molecule has 1 aliphatic carbocycles. The molecule has 1 atom stereocenters. The van der Waals surface area contributed by atoms with Crippen LogP contribution in [0, 0.1) is 12.8 Å². The van der Waals surface area contributed by atoms with Gasteiger partial charge in [-0.2, -0.15) is 0 Å². The summed E-state index contributed by atoms with van der Waals surface area (Å²) in [6, 6.07) is 6.20. The molecule has 0 saturated heterocycles. The van der Waals surface area contributed by atoms with Crippen LogP contribution in [0.1, 0.15) is 141 Å². The standard InChI is InChI=1S/C44H64N2O4/c1-9-12-14-15-16-17-18-19-20-21-24-46-38-29-40(50-8)39(49-7)28-37(38)44(5,6)41(46)27-36-42(47)35(43(36)48)26-34-23-25-45(30-32(34)4)31-33(11-3)22-13-10-2/h23,25-30,33H,9-22,24,31H2,1-8H3/p+1. The van der Waals surface area contributed by atoms with Crippen molar-refractivity contribution in [1.29, 1.82) is 0 Å². The molecule has 1 aromatic carbocycles. The fourth-order valence-electron chi connectivity index (χ4n) is 7.62. The van der Waals surface area contributed by atoms with Crippen molar-refractivity contribution in [2.75, 3.05) is 25.7 Å². The van der Waals surface area contributed by atoms with Gasteiger partial charge in [-0.1, -0.05) is 105 Å². The number of rotatable bonds is 21. The van der Waals surface area contributed by atoms with E-state index in [1.807, 2.05) is 12.2 Å². The van der Waals surface area contributed by atoms with E-state index in [0.29, 0.717) is 28.6 Å². The van der Waals surface area contributed by atoms with E-state index in [9.17, 15) is 9.90 Å². The highest BCUT2D eigenvalue weighted by Gasteiger charge is 2.43. The highest BCUT2D eigenvalue weighted by atomic mass is 16.5. The zero-order valence-corrected chi connectivity index (χ0v) is 32.5. The summed E-state index contributed by atoms with van der Waals surface area (Å²) in [5.74, 6) is 2.01. The molecule has 0 saturated carbocycles. The molecule has 6 nitrogen and oxygen atoms in total. The van der Waals surface area contributed by atoms with E-state index in [0.717, 1.165) is 54.0 Å². The van der Waals surface area contributed by atoms with Crippen LogP contribution in [0.3, 0.4) is 0 Å². The Morgan fingerprint density at radius 1 is 0.880 bits per heavy atom. The summed E-state index contributed by atoms with van der Waals surface area (Å²) < 4.78 is 13.7. The number of methoxy groups -OCH3 is 2. The Bertz CT molecular complexity index is 1550. The van der Waals surface area contributed by atoms with Gasteiger partial charge in [0, 0.05) is 47.0 Å². The van der Waals surface area contributed by atoms with Crippen molar-refractivity contribution >= 4 is 17.5 Å². The Hall–Kier alpha value is -3.54. The Labute approximate surface area is 303 Å². The number of fused-ring (bicyclic) bond motifs is 1. The first kappa shape index (κ1) is 39.2. The van der Waals surface area contributed by atoms with Crippen LogP contribution in [-0.2, 0) is 16.8 Å². The maximum absolute atomic E-state index is 13.7. The average molecular weight is 686 g/mol. The molecule has 0 amide bonds. The van der Waals surface area contributed by atoms with Crippen LogP contribution in [0.5, 0.6) is 11.5 Å². The van der Waals surface area contributed by atoms with E-state index >= 15 is 0 Å². The summed E-state index contributed by atoms with van der Waals surface area (Å²) in [6.07, 6.45) is 25.7. The number of pyridine rings is 1. The van der Waals surface area contributed by atoms with Crippen molar-refractivity contribution in [3.05, 3.63) is 76.0 Å². The zero-order chi connectivity index (χ0) is 36.3. The molecule has 1 unspecified atom stereocenters. The number of ether oxygens (including phenoxy) is 2. The van der Waals surface area contributed by atoms with Crippen LogP contribution in [0.4, 0.5) is 5.69 Å². The van der Waals surface area contributed by atoms with Gasteiger partial charge in [-0.05, 0) is 55.5 Å². The molecule has 4 rings (SSSR count). The Morgan fingerprint density at radius 2 is 1.50 bits per heavy atom. The predicted octanol–water partition coefficient (Wildman–Crippen LogP) is 10.9. The predicted molar refractivity (Wildman–Crippen MR) is 207 cm³/mol. The smallest absolute Gasteiger partial charge is 0.200 e. The number of allylic oxidation sites excluding steroid dienone is 4. The lowest BCUT2D eigenvalue weighted by Crippen LogP contribution is -2.37. The zero-order valence-electron chi connectivity index (χ0n) is 32.5. The van der Waals surface area contributed by atoms with Gasteiger partial charge in [0.15, 0.2) is 30.4 Å². The van der Waals surface area contributed by atoms with Gasteiger partial charge in [-0.3, -0.25) is 4.79 Å². The second kappa shape index (κ2) is 18.6. The van der Waals surface area contributed by atoms with E-state index < -0.39 is 5.41 Å². The van der Waals surface area contributed by atoms with Crippen LogP contribution in [-0.4, -0.2) is 31.7 Å². The second-order valence-corrected chi connectivity index (χ2v) is 15.1. The number of hydrogen-bond acceptors (Lipinski definition) is 5. The number of carbonyl (C=O) groups excluding carboxylic acids is 1. The number of benzene rings is 1. The maximum Gasteiger partial charge on any atom is 0.200 e. The first-order valence-electron chi connectivity index (χ1n) is 19.6. The van der Waals surface area contributed by atoms with Crippen molar-refractivity contribution < 1.29 is 23.9 Å². The number of aliphatic hydroxyl groups is 1. The minimum atomic E-state index is -0.405. The van der Waals surface area contributed by atoms with E-state index in [1.54, 1.807) is 14.2 Å². The average Bonchev–Trinajstić information content (AvgIpc) is 3.32. The highest BCUT2D eigenvalue weighted by molar-refractivity contribution is 6.23. The summed E-state index contributed by atoms with van der Waals surface area (Å²) >= 11 is 0. The maximum atomic E-state index is 13.7. The van der Waals surface area contributed by atoms with Crippen molar-refractivity contribution in [3.8, 4) is 11.5 Å². The van der Waals surface area contributed by atoms with Crippen molar-refractivity contribution in [2.45, 2.75) is 143 Å². The fraction of sp³-hybridized carbons (Fsp3) is 0.591. The van der Waals surface area contributed by atoms with Crippen molar-refractivity contribution in [1.82, 2.24) is 0 Å². The van der Waals surface area contributed by atoms with Crippen molar-refractivity contribution in [2.24, 2.45) is 5.92 Å². The Morgan fingerprint density at radius 3 is 2.08 bits per heavy atom. The minimum Gasteiger partial charge on any atom is -0.506 e. The van der Waals surface area contributed by atoms with Crippen molar-refractivity contribution in [3.63, 3.8) is 0 Å². The fourth-order valence-corrected chi connectivity index (χ4v) is 7.62. The molecule has 0 radical (unpaired) electrons. The number of unbranched alkanes of at least 4 members (excludes halogenated alkanes) is 10. The van der Waals surface area contributed by atoms with E-state index in [2.05, 4.69) is 81.6 Å². The van der Waals surface area contributed by atoms with Crippen LogP contribution >= 0.6 is 0 Å². The van der Waals surface area contributed by atoms with Gasteiger partial charge in [-0.15, -0.1) is 0 Å². The van der Waals surface area contributed by atoms with Gasteiger partial charge in [0.05, 0.1) is 25.4 Å². The summed E-state index contributed by atoms with van der Waals surface area (Å²) in [4.78, 5) is 16.0. The molecule has 1 N–H and O–H groups in total. The molecule has 2 heterocycles. The summed E-state index contributed by atoms with van der Waals surface area (Å²) in [5.41, 5.74) is 5.62. The lowest BCUT2D eigenvalue weighted by molar-refractivity contribution is -0.703. The first-order chi connectivity index (χ1) is 24.1. The summed E-state index contributed by atoms with van der Waals surface area (Å²) in [7, 11) is 3.33. The number of aromatic nitrogens is 1. The SMILES string of the molecule is CCCCCCCCCCCCN1C(=CC2=C(O)C(=Cc3cc[n+](CC(CC)CCCC)cc3C)C2=O)C(C)(C)c2cc(OC)c(OC)cc21. The Kier molecular flexibility index (Phi) is 14.6. The molecule has 6 heteroatoms. The molecule has 50 heavy (non-hydrogen) atoms. The number of anilines is 1. The monoisotopic (exact) mass is 685 g/mol. The molecule has 2 aliphatic rings. The lowest BCUT2D eigenvalue weighted by Gasteiger charge is -2.29. The number of aliphatic hydroxyl groups excluding tert-OH is 1. The van der Waals surface area contributed by atoms with Gasteiger partial charge in [-0.25, -0.2) is 4.57 Å². The van der Waals surface area contributed by atoms with E-state index in [-0.39, 0.29) is 11.5 Å². The third-order valence-corrected chi connectivity index (χ3v) is 11.0. The largest absolute Gasteiger partial charge is 0.506 e. The highest BCUT2D eigenvalue weighted by Crippen LogP contribution is 2.52. The molecule has 0 bridgehead atoms. The van der Waals surface area contributed by atoms with E-state index in [4.69, 9.17) is 9.47 Å². The number of nitrogens with zero attached hydrogens (tertiary/aromatic N) is 2. The number of Topliss-reactive ketones (excluding diaryl/α,β-unsaturated/α-hetero) is 1. The summed E-state index contributed by atoms with van der Waals surface area (Å²) in [6.45, 7) is 15.1. The molecule has 1 aromatic heterocycles. The van der Waals surface area contributed by atoms with Crippen LogP contribution in [0.2, 0.25) is 0 Å². The number of hydrogen-bond donors (Lipinski definition) is 1. The minimum absolute atomic E-state index is 0.0741. The third kappa shape index (κ3) is 9.22. The third-order valence-electron chi connectivity index (χ3n) is 11.0. The molecule has 2 aromatic rings. The molecule has 0 fully saturated rings. The van der Waals surface area contributed by atoms with Gasteiger partial charge >= 0.3 is 0 Å².